The number of hydrogen-bond acceptors (Lipinski definition) is 4. The summed E-state index contributed by atoms with van der Waals surface area (Å²) < 4.78 is 18.7. The largest absolute Gasteiger partial charge is 0.359 e. The van der Waals surface area contributed by atoms with E-state index < -0.39 is 5.82 Å². The number of benzene rings is 3. The molecule has 0 saturated carbocycles. The lowest BCUT2D eigenvalue weighted by Gasteiger charge is -2.21. The molecule has 7 heteroatoms. The Morgan fingerprint density at radius 1 is 0.943 bits per heavy atom. The Balaban J connectivity index is 1.43. The van der Waals surface area contributed by atoms with Gasteiger partial charge in [0.2, 0.25) is 0 Å². The van der Waals surface area contributed by atoms with Crippen molar-refractivity contribution in [1.82, 2.24) is 15.4 Å². The zero-order valence-electron chi connectivity index (χ0n) is 19.4. The number of aryl methyl sites for hydroxylation is 1. The number of nitrogens with zero attached hydrogens (tertiary/aromatic N) is 2. The van der Waals surface area contributed by atoms with Crippen LogP contribution < -0.4 is 5.32 Å². The van der Waals surface area contributed by atoms with Gasteiger partial charge in [-0.15, -0.1) is 0 Å². The molecule has 4 aromatic rings. The highest BCUT2D eigenvalue weighted by Gasteiger charge is 2.20. The van der Waals surface area contributed by atoms with E-state index in [0.29, 0.717) is 30.8 Å². The van der Waals surface area contributed by atoms with Gasteiger partial charge in [-0.05, 0) is 48.7 Å². The molecule has 0 aliphatic rings. The Labute approximate surface area is 203 Å². The molecule has 0 radical (unpaired) electrons. The minimum atomic E-state index is -0.408. The van der Waals surface area contributed by atoms with Gasteiger partial charge >= 0.3 is 0 Å². The molecule has 0 spiro atoms. The van der Waals surface area contributed by atoms with E-state index >= 15 is 0 Å². The molecule has 4 rings (SSSR count). The molecule has 6 nitrogen and oxygen atoms in total. The summed E-state index contributed by atoms with van der Waals surface area (Å²) in [4.78, 5) is 27.3. The minimum Gasteiger partial charge on any atom is -0.359 e. The number of aromatic nitrogens is 1. The highest BCUT2D eigenvalue weighted by atomic mass is 19.1. The van der Waals surface area contributed by atoms with Gasteiger partial charge in [0.25, 0.3) is 11.8 Å². The number of carbonyl (C=O) groups is 2. The quantitative estimate of drug-likeness (QED) is 0.375. The van der Waals surface area contributed by atoms with Crippen LogP contribution in [-0.4, -0.2) is 28.4 Å². The monoisotopic (exact) mass is 471 g/mol. The van der Waals surface area contributed by atoms with E-state index in [-0.39, 0.29) is 24.1 Å². The van der Waals surface area contributed by atoms with Crippen LogP contribution in [0.5, 0.6) is 0 Å². The van der Waals surface area contributed by atoms with Crippen LogP contribution in [0.2, 0.25) is 0 Å². The fraction of sp³-hybridized carbons (Fsp3) is 0.179. The number of halogens is 1. The third-order valence-electron chi connectivity index (χ3n) is 5.60. The van der Waals surface area contributed by atoms with Crippen LogP contribution in [0.25, 0.3) is 0 Å². The highest BCUT2D eigenvalue weighted by Crippen LogP contribution is 2.14. The SMILES string of the molecule is Cc1ccc(CNC(=O)c2cc(CN(CCc3ccccc3)C(=O)c3ccc(F)cc3)on2)cc1. The Hall–Kier alpha value is -4.26. The van der Waals surface area contributed by atoms with Crippen molar-refractivity contribution in [3.63, 3.8) is 0 Å². The normalized spacial score (nSPS) is 10.7. The van der Waals surface area contributed by atoms with E-state index in [1.54, 1.807) is 4.90 Å². The first-order valence-corrected chi connectivity index (χ1v) is 11.4. The molecule has 2 amide bonds. The fourth-order valence-electron chi connectivity index (χ4n) is 3.60. The molecule has 0 unspecified atom stereocenters. The summed E-state index contributed by atoms with van der Waals surface area (Å²) >= 11 is 0. The lowest BCUT2D eigenvalue weighted by molar-refractivity contribution is 0.0729. The zero-order valence-corrected chi connectivity index (χ0v) is 19.4. The molecule has 35 heavy (non-hydrogen) atoms. The van der Waals surface area contributed by atoms with E-state index in [4.69, 9.17) is 4.52 Å². The third-order valence-corrected chi connectivity index (χ3v) is 5.60. The summed E-state index contributed by atoms with van der Waals surface area (Å²) in [6.07, 6.45) is 0.631. The molecule has 3 aromatic carbocycles. The third kappa shape index (κ3) is 6.63. The maximum atomic E-state index is 13.3. The predicted molar refractivity (Wildman–Crippen MR) is 130 cm³/mol. The molecule has 1 heterocycles. The summed E-state index contributed by atoms with van der Waals surface area (Å²) in [5, 5.41) is 6.71. The average Bonchev–Trinajstić information content (AvgIpc) is 3.35. The highest BCUT2D eigenvalue weighted by molar-refractivity contribution is 5.94. The molecule has 178 valence electrons. The van der Waals surface area contributed by atoms with Crippen molar-refractivity contribution in [3.05, 3.63) is 124 Å². The molecule has 0 aliphatic heterocycles. The molecule has 1 N–H and O–H groups in total. The van der Waals surface area contributed by atoms with Crippen molar-refractivity contribution in [2.75, 3.05) is 6.54 Å². The van der Waals surface area contributed by atoms with Crippen molar-refractivity contribution in [1.29, 1.82) is 0 Å². The van der Waals surface area contributed by atoms with Crippen molar-refractivity contribution < 1.29 is 18.5 Å². The van der Waals surface area contributed by atoms with Crippen molar-refractivity contribution in [2.24, 2.45) is 0 Å². The van der Waals surface area contributed by atoms with Crippen LogP contribution in [0.1, 0.15) is 43.3 Å². The number of rotatable bonds is 9. The topological polar surface area (TPSA) is 75.4 Å². The van der Waals surface area contributed by atoms with Gasteiger partial charge in [-0.3, -0.25) is 9.59 Å². The first-order chi connectivity index (χ1) is 17.0. The summed E-state index contributed by atoms with van der Waals surface area (Å²) in [7, 11) is 0. The van der Waals surface area contributed by atoms with Crippen LogP contribution in [0.3, 0.4) is 0 Å². The Morgan fingerprint density at radius 2 is 1.66 bits per heavy atom. The van der Waals surface area contributed by atoms with Crippen LogP contribution in [0.4, 0.5) is 4.39 Å². The van der Waals surface area contributed by atoms with Gasteiger partial charge in [0.15, 0.2) is 11.5 Å². The molecule has 0 aliphatic carbocycles. The maximum Gasteiger partial charge on any atom is 0.273 e. The second-order valence-corrected chi connectivity index (χ2v) is 8.32. The van der Waals surface area contributed by atoms with E-state index in [1.807, 2.05) is 61.5 Å². The molecule has 0 fully saturated rings. The first kappa shape index (κ1) is 23.9. The maximum absolute atomic E-state index is 13.3. The molecule has 0 atom stereocenters. The minimum absolute atomic E-state index is 0.126. The second kappa shape index (κ2) is 11.2. The van der Waals surface area contributed by atoms with Gasteiger partial charge in [0.1, 0.15) is 5.82 Å². The molecule has 1 aromatic heterocycles. The lowest BCUT2D eigenvalue weighted by atomic mass is 10.1. The van der Waals surface area contributed by atoms with Crippen molar-refractivity contribution in [3.8, 4) is 0 Å². The van der Waals surface area contributed by atoms with Gasteiger partial charge in [-0.25, -0.2) is 4.39 Å². The van der Waals surface area contributed by atoms with Crippen LogP contribution in [-0.2, 0) is 19.5 Å². The van der Waals surface area contributed by atoms with Gasteiger partial charge in [-0.1, -0.05) is 65.3 Å². The number of carbonyl (C=O) groups excluding carboxylic acids is 2. The van der Waals surface area contributed by atoms with Crippen LogP contribution >= 0.6 is 0 Å². The van der Waals surface area contributed by atoms with Gasteiger partial charge < -0.3 is 14.7 Å². The summed E-state index contributed by atoms with van der Waals surface area (Å²) in [5.74, 6) is -0.646. The van der Waals surface area contributed by atoms with Gasteiger partial charge in [0, 0.05) is 24.7 Å². The molecular formula is C28H26FN3O3. The fourth-order valence-corrected chi connectivity index (χ4v) is 3.60. The van der Waals surface area contributed by atoms with Crippen molar-refractivity contribution >= 4 is 11.8 Å². The van der Waals surface area contributed by atoms with Crippen LogP contribution in [0.15, 0.2) is 89.5 Å². The second-order valence-electron chi connectivity index (χ2n) is 8.32. The average molecular weight is 472 g/mol. The predicted octanol–water partition coefficient (Wildman–Crippen LogP) is 4.94. The van der Waals surface area contributed by atoms with E-state index in [0.717, 1.165) is 16.7 Å². The standard InChI is InChI=1S/C28H26FN3O3/c1-20-7-9-22(10-8-20)18-30-27(33)26-17-25(35-31-26)19-32(16-15-21-5-3-2-4-6-21)28(34)23-11-13-24(29)14-12-23/h2-14,17H,15-16,18-19H2,1H3,(H,30,33). The molecule has 0 bridgehead atoms. The molecular weight excluding hydrogens is 445 g/mol. The lowest BCUT2D eigenvalue weighted by Crippen LogP contribution is -2.32. The number of amides is 2. The van der Waals surface area contributed by atoms with E-state index in [1.165, 1.54) is 30.3 Å². The summed E-state index contributed by atoms with van der Waals surface area (Å²) in [5.41, 5.74) is 3.72. The van der Waals surface area contributed by atoms with E-state index in [9.17, 15) is 14.0 Å². The van der Waals surface area contributed by atoms with E-state index in [2.05, 4.69) is 10.5 Å². The van der Waals surface area contributed by atoms with Crippen LogP contribution in [0, 0.1) is 12.7 Å². The Morgan fingerprint density at radius 3 is 2.37 bits per heavy atom. The summed E-state index contributed by atoms with van der Waals surface area (Å²) in [6.45, 7) is 2.91. The summed E-state index contributed by atoms with van der Waals surface area (Å²) in [6, 6.07) is 24.6. The van der Waals surface area contributed by atoms with Gasteiger partial charge in [0.05, 0.1) is 6.54 Å². The number of hydrogen-bond donors (Lipinski definition) is 1. The zero-order chi connectivity index (χ0) is 24.6. The molecule has 0 saturated heterocycles. The first-order valence-electron chi connectivity index (χ1n) is 11.4. The smallest absolute Gasteiger partial charge is 0.273 e. The number of nitrogens with one attached hydrogen (secondary N) is 1. The van der Waals surface area contributed by atoms with Crippen molar-refractivity contribution in [2.45, 2.75) is 26.4 Å². The Kier molecular flexibility index (Phi) is 7.67. The van der Waals surface area contributed by atoms with Gasteiger partial charge in [-0.2, -0.15) is 0 Å². The Bertz CT molecular complexity index is 1270.